The molecule has 4 rings (SSSR count). The van der Waals surface area contributed by atoms with Gasteiger partial charge in [0, 0.05) is 103 Å². The van der Waals surface area contributed by atoms with Gasteiger partial charge in [0.2, 0.25) is 0 Å². The molecule has 53 heteroatoms. The van der Waals surface area contributed by atoms with Gasteiger partial charge in [-0.2, -0.15) is 0 Å². The van der Waals surface area contributed by atoms with E-state index in [0.29, 0.717) is 128 Å². The zero-order chi connectivity index (χ0) is 76.2. The Morgan fingerprint density at radius 3 is 0.762 bits per heavy atom. The van der Waals surface area contributed by atoms with E-state index in [2.05, 4.69) is 0 Å². The largest absolute Gasteiger partial charge is 0.651 e. The fraction of sp³-hybridized carbons (Fsp3) is 1.00. The quantitative estimate of drug-likeness (QED) is 0.0537. The van der Waals surface area contributed by atoms with Crippen molar-refractivity contribution in [3.8, 4) is 0 Å². The molecule has 4 aliphatic rings. The molecule has 4 aliphatic heterocycles. The van der Waals surface area contributed by atoms with Crippen molar-refractivity contribution in [2.24, 2.45) is 0 Å². The van der Waals surface area contributed by atoms with Crippen molar-refractivity contribution in [3.05, 3.63) is 0 Å². The minimum absolute atomic E-state index is 0.0769. The number of fused-ring (bicyclic) bond motifs is 4. The lowest BCUT2D eigenvalue weighted by Crippen LogP contribution is -2.88. The van der Waals surface area contributed by atoms with Crippen molar-refractivity contribution < 1.29 is 135 Å². The van der Waals surface area contributed by atoms with Crippen molar-refractivity contribution in [1.82, 2.24) is 0 Å². The summed E-state index contributed by atoms with van der Waals surface area (Å²) in [4.78, 5) is 0. The van der Waals surface area contributed by atoms with Gasteiger partial charge < -0.3 is 135 Å². The normalized spacial score (nSPS) is 27.6. The van der Waals surface area contributed by atoms with E-state index in [1.807, 2.05) is 188 Å². The van der Waals surface area contributed by atoms with E-state index in [4.69, 9.17) is 135 Å². The van der Waals surface area contributed by atoms with Crippen LogP contribution >= 0.6 is 0 Å². The summed E-state index contributed by atoms with van der Waals surface area (Å²) in [5.74, 6) is 0. The minimum Gasteiger partial charge on any atom is -0.422 e. The molecule has 0 aromatic heterocycles. The third-order valence-electron chi connectivity index (χ3n) is 14.6. The van der Waals surface area contributed by atoms with Crippen LogP contribution < -0.4 is 0 Å². The third-order valence-corrected chi connectivity index (χ3v) is 83.5. The highest BCUT2D eigenvalue weighted by Crippen LogP contribution is 2.50. The lowest BCUT2D eigenvalue weighted by Gasteiger charge is -2.57. The van der Waals surface area contributed by atoms with E-state index in [9.17, 15) is 0 Å². The molecular formula is C48H132O32Si21. The van der Waals surface area contributed by atoms with E-state index in [0.717, 1.165) is 0 Å². The maximum Gasteiger partial charge on any atom is 0.651 e. The molecule has 6 bridgehead atoms. The molecule has 8 atom stereocenters. The molecule has 0 N–H and O–H groups in total. The van der Waals surface area contributed by atoms with Gasteiger partial charge in [0.25, 0.3) is 0 Å². The van der Waals surface area contributed by atoms with Gasteiger partial charge in [0.05, 0.1) is 0 Å². The van der Waals surface area contributed by atoms with Crippen molar-refractivity contribution >= 4 is 188 Å². The van der Waals surface area contributed by atoms with Crippen molar-refractivity contribution in [2.45, 2.75) is 236 Å². The molecule has 600 valence electrons. The predicted molar refractivity (Wildman–Crippen MR) is 425 cm³/mol. The van der Waals surface area contributed by atoms with Gasteiger partial charge in [-0.25, -0.2) is 0 Å². The highest BCUT2D eigenvalue weighted by Gasteiger charge is 2.88. The van der Waals surface area contributed by atoms with Crippen LogP contribution in [0.4, 0.5) is 0 Å². The Morgan fingerprint density at radius 1 is 0.277 bits per heavy atom. The Labute approximate surface area is 634 Å². The molecule has 8 unspecified atom stereocenters. The zero-order valence-corrected chi connectivity index (χ0v) is 89.4. The molecule has 4 fully saturated rings. The zero-order valence-electron chi connectivity index (χ0n) is 66.6. The van der Waals surface area contributed by atoms with E-state index in [1.165, 1.54) is 0 Å². The van der Waals surface area contributed by atoms with Gasteiger partial charge in [0.1, 0.15) is 10.5 Å². The highest BCUT2D eigenvalue weighted by molar-refractivity contribution is 7.01. The molecule has 0 aliphatic carbocycles. The Morgan fingerprint density at radius 2 is 0.495 bits per heavy atom. The number of hydrogen-bond acceptors (Lipinski definition) is 32. The molecule has 32 nitrogen and oxygen atoms in total. The standard InChI is InChI=1S/C48H132O32Si21/c1-29-49-91(50-30-2,51-31-3)45-41-87(21,22)68-98-67-86(62-82(13)14)66-96(64-84(17)18)74-97(65-85(19)20)72-95(61-81,63-83(15)16)73-99(77-98,69-88(23,24)42-46-92(52-32-4,53-33-5)54-34-6)79-101(76-97,71-90(27,28)44-48-94(58-38-10,59-39-11)60-40-12)80-100(75-96,78-98)70-89(25,26)43-47-93(55-35-7,56-36-8)57-37-9/h82-86H,29-48H2,1-28,81H3. The van der Waals surface area contributed by atoms with E-state index < -0.39 is 178 Å². The Kier molecular flexibility index (Phi) is 40.2. The number of rotatable bonds is 53. The maximum absolute atomic E-state index is 8.12. The second kappa shape index (κ2) is 42.1. The number of hydrogen-bond donors (Lipinski definition) is 0. The molecule has 4 saturated heterocycles. The average Bonchev–Trinajstić information content (AvgIpc) is 0.695. The molecule has 0 aromatic carbocycles. The summed E-state index contributed by atoms with van der Waals surface area (Å²) >= 11 is 0. The van der Waals surface area contributed by atoms with Crippen molar-refractivity contribution in [1.29, 1.82) is 0 Å². The first kappa shape index (κ1) is 96.6. The van der Waals surface area contributed by atoms with Crippen LogP contribution in [0.25, 0.3) is 0 Å². The van der Waals surface area contributed by atoms with Crippen molar-refractivity contribution in [2.75, 3.05) is 79.3 Å². The topological polar surface area (TPSA) is 295 Å². The van der Waals surface area contributed by atoms with Crippen molar-refractivity contribution in [3.63, 3.8) is 0 Å². The molecule has 0 amide bonds. The van der Waals surface area contributed by atoms with E-state index in [-0.39, 0.29) is 10.5 Å². The molecule has 0 aromatic rings. The van der Waals surface area contributed by atoms with Crippen LogP contribution in [-0.4, -0.2) is 267 Å². The first-order chi connectivity index (χ1) is 47.1. The van der Waals surface area contributed by atoms with Gasteiger partial charge in [-0.1, -0.05) is 0 Å². The van der Waals surface area contributed by atoms with Crippen LogP contribution in [0.5, 0.6) is 0 Å². The summed E-state index contributed by atoms with van der Waals surface area (Å²) in [5, 5.41) is 0. The fourth-order valence-electron chi connectivity index (χ4n) is 11.2. The Balaban J connectivity index is 2.48. The van der Waals surface area contributed by atoms with E-state index >= 15 is 0 Å². The Hall–Kier alpha value is 3.27. The summed E-state index contributed by atoms with van der Waals surface area (Å²) in [5.41, 5.74) is 0. The Bertz CT molecular complexity index is 2340. The summed E-state index contributed by atoms with van der Waals surface area (Å²) in [6, 6.07) is 2.51. The third kappa shape index (κ3) is 29.6. The van der Waals surface area contributed by atoms with Crippen LogP contribution in [0.15, 0.2) is 0 Å². The molecule has 0 spiro atoms. The molecule has 0 saturated carbocycles. The van der Waals surface area contributed by atoms with Gasteiger partial charge in [-0.3, -0.25) is 0 Å². The lowest BCUT2D eigenvalue weighted by atomic mass is 10.9. The van der Waals surface area contributed by atoms with Gasteiger partial charge in [0.15, 0.2) is 69.4 Å². The van der Waals surface area contributed by atoms with E-state index in [1.54, 1.807) is 0 Å². The molecule has 4 heterocycles. The summed E-state index contributed by atoms with van der Waals surface area (Å²) in [7, 11) is -79.6. The molecule has 0 radical (unpaired) electrons. The highest BCUT2D eigenvalue weighted by atomic mass is 28.7. The SMILES string of the molecule is CCO[Si](CC[Si](C)(C)O[Si]12O[SiH](O[SiH](C)C)O[Si]3(O[SiH](C)C)O[Si]4(O[SiH](C)C)O[Si](O[SiH3])(O[SiH](C)C)O[Si](O[Si](C)(C)CC[Si](OCC)(OCC)OCC)(O1)O[Si](O[Si](C)(C)CC[Si](OCC)(OCC)OCC)(O4)O[Si](O[Si](C)(C)CC[Si](OCC)(OCC)OCC)(O3)O2)(OCC)OCC. The van der Waals surface area contributed by atoms with Gasteiger partial charge in [-0.05, 0) is 212 Å². The van der Waals surface area contributed by atoms with Crippen LogP contribution in [0.3, 0.4) is 0 Å². The fourth-order valence-corrected chi connectivity index (χ4v) is 95.6. The predicted octanol–water partition coefficient (Wildman–Crippen LogP) is 7.37. The monoisotopic (exact) mass is 1810 g/mol. The van der Waals surface area contributed by atoms with Crippen LogP contribution in [-0.2, 0) is 135 Å². The maximum atomic E-state index is 8.12. The first-order valence-corrected chi connectivity index (χ1v) is 81.4. The molecule has 101 heavy (non-hydrogen) atoms. The summed E-state index contributed by atoms with van der Waals surface area (Å²) < 4.78 is 232. The smallest absolute Gasteiger partial charge is 0.422 e. The van der Waals surface area contributed by atoms with Gasteiger partial charge in [-0.15, -0.1) is 0 Å². The van der Waals surface area contributed by atoms with Crippen LogP contribution in [0.2, 0.25) is 153 Å². The lowest BCUT2D eigenvalue weighted by molar-refractivity contribution is -0.0989. The molecular weight excluding hydrogens is 1680 g/mol. The second-order valence-electron chi connectivity index (χ2n) is 27.2. The second-order valence-corrected chi connectivity index (χ2v) is 88.2. The minimum atomic E-state index is -5.64. The average molecular weight is 1810 g/mol. The van der Waals surface area contributed by atoms with Gasteiger partial charge >= 0.3 is 108 Å². The first-order valence-electron chi connectivity index (χ1n) is 36.4. The summed E-state index contributed by atoms with van der Waals surface area (Å²) in [6.45, 7) is 58.6. The summed E-state index contributed by atoms with van der Waals surface area (Å²) in [6.07, 6.45) is 0. The van der Waals surface area contributed by atoms with Crippen LogP contribution in [0.1, 0.15) is 83.1 Å². The van der Waals surface area contributed by atoms with Crippen LogP contribution in [0, 0.1) is 0 Å².